The molecular formula is C17H15N3OS. The molecule has 0 saturated carbocycles. The zero-order chi connectivity index (χ0) is 15.5. The quantitative estimate of drug-likeness (QED) is 0.793. The van der Waals surface area contributed by atoms with Gasteiger partial charge in [0.15, 0.2) is 0 Å². The molecule has 3 aromatic rings. The van der Waals surface area contributed by atoms with Gasteiger partial charge < -0.3 is 5.32 Å². The molecule has 0 atom stereocenters. The minimum Gasteiger partial charge on any atom is -0.322 e. The molecule has 22 heavy (non-hydrogen) atoms. The van der Waals surface area contributed by atoms with E-state index >= 15 is 0 Å². The number of amides is 1. The summed E-state index contributed by atoms with van der Waals surface area (Å²) in [7, 11) is 0. The standard InChI is InChI=1S/C17H15N3OS/c1-11-3-4-14(9-18-11)17(21)20-15-7-5-13(6-8-15)16-10-22-12(2)19-16/h3-10H,1-2H3,(H,20,21). The fraction of sp³-hybridized carbons (Fsp3) is 0.118. The van der Waals surface area contributed by atoms with Crippen LogP contribution in [0.2, 0.25) is 0 Å². The number of nitrogens with one attached hydrogen (secondary N) is 1. The summed E-state index contributed by atoms with van der Waals surface area (Å²) in [5.41, 5.74) is 4.19. The second-order valence-corrected chi connectivity index (χ2v) is 6.03. The van der Waals surface area contributed by atoms with Gasteiger partial charge in [0.2, 0.25) is 0 Å². The maximum atomic E-state index is 12.1. The third-order valence-corrected chi connectivity index (χ3v) is 4.00. The van der Waals surface area contributed by atoms with Crippen molar-refractivity contribution >= 4 is 22.9 Å². The van der Waals surface area contributed by atoms with Gasteiger partial charge in [-0.3, -0.25) is 9.78 Å². The predicted octanol–water partition coefficient (Wildman–Crippen LogP) is 4.07. The minimum atomic E-state index is -0.162. The Kier molecular flexibility index (Phi) is 3.98. The maximum absolute atomic E-state index is 12.1. The first kappa shape index (κ1) is 14.4. The van der Waals surface area contributed by atoms with E-state index in [4.69, 9.17) is 0 Å². The highest BCUT2D eigenvalue weighted by molar-refractivity contribution is 7.09. The number of aromatic nitrogens is 2. The summed E-state index contributed by atoms with van der Waals surface area (Å²) in [6, 6.07) is 11.3. The van der Waals surface area contributed by atoms with Gasteiger partial charge in [0, 0.05) is 28.5 Å². The lowest BCUT2D eigenvalue weighted by atomic mass is 10.1. The monoisotopic (exact) mass is 309 g/mol. The molecule has 0 unspecified atom stereocenters. The third kappa shape index (κ3) is 3.20. The van der Waals surface area contributed by atoms with Crippen LogP contribution in [0, 0.1) is 13.8 Å². The Hall–Kier alpha value is -2.53. The zero-order valence-corrected chi connectivity index (χ0v) is 13.1. The van der Waals surface area contributed by atoms with Gasteiger partial charge in [-0.05, 0) is 38.1 Å². The highest BCUT2D eigenvalue weighted by atomic mass is 32.1. The molecule has 0 radical (unpaired) electrons. The van der Waals surface area contributed by atoms with Crippen LogP contribution >= 0.6 is 11.3 Å². The molecule has 2 heterocycles. The van der Waals surface area contributed by atoms with Gasteiger partial charge in [-0.15, -0.1) is 11.3 Å². The molecule has 0 aliphatic rings. The van der Waals surface area contributed by atoms with E-state index in [9.17, 15) is 4.79 Å². The molecule has 0 fully saturated rings. The number of hydrogen-bond donors (Lipinski definition) is 1. The summed E-state index contributed by atoms with van der Waals surface area (Å²) in [5, 5.41) is 5.93. The fourth-order valence-corrected chi connectivity index (χ4v) is 2.65. The molecule has 0 saturated heterocycles. The molecule has 5 heteroatoms. The van der Waals surface area contributed by atoms with Crippen LogP contribution in [0.1, 0.15) is 21.1 Å². The fourth-order valence-electron chi connectivity index (χ4n) is 2.03. The average Bonchev–Trinajstić information content (AvgIpc) is 2.95. The molecule has 0 spiro atoms. The van der Waals surface area contributed by atoms with Crippen LogP contribution in [0.3, 0.4) is 0 Å². The Morgan fingerprint density at radius 1 is 1.09 bits per heavy atom. The van der Waals surface area contributed by atoms with E-state index in [-0.39, 0.29) is 5.91 Å². The molecule has 1 N–H and O–H groups in total. The van der Waals surface area contributed by atoms with Gasteiger partial charge in [0.25, 0.3) is 5.91 Å². The van der Waals surface area contributed by atoms with Gasteiger partial charge in [-0.1, -0.05) is 12.1 Å². The third-order valence-electron chi connectivity index (χ3n) is 3.23. The van der Waals surface area contributed by atoms with Gasteiger partial charge in [0.05, 0.1) is 16.3 Å². The number of pyridine rings is 1. The first-order valence-electron chi connectivity index (χ1n) is 6.88. The van der Waals surface area contributed by atoms with Crippen molar-refractivity contribution in [2.75, 3.05) is 5.32 Å². The van der Waals surface area contributed by atoms with Crippen molar-refractivity contribution < 1.29 is 4.79 Å². The van der Waals surface area contributed by atoms with Crippen molar-refractivity contribution in [2.45, 2.75) is 13.8 Å². The number of benzene rings is 1. The summed E-state index contributed by atoms with van der Waals surface area (Å²) in [6.07, 6.45) is 1.58. The van der Waals surface area contributed by atoms with Crippen LogP contribution in [0.25, 0.3) is 11.3 Å². The second-order valence-electron chi connectivity index (χ2n) is 4.97. The van der Waals surface area contributed by atoms with E-state index in [1.807, 2.05) is 49.6 Å². The van der Waals surface area contributed by atoms with Crippen molar-refractivity contribution in [3.8, 4) is 11.3 Å². The molecule has 0 bridgehead atoms. The van der Waals surface area contributed by atoms with Gasteiger partial charge in [0.1, 0.15) is 0 Å². The van der Waals surface area contributed by atoms with Crippen molar-refractivity contribution in [3.63, 3.8) is 0 Å². The largest absolute Gasteiger partial charge is 0.322 e. The summed E-state index contributed by atoms with van der Waals surface area (Å²) < 4.78 is 0. The Bertz CT molecular complexity index is 792. The second kappa shape index (κ2) is 6.07. The van der Waals surface area contributed by atoms with E-state index in [0.29, 0.717) is 5.56 Å². The van der Waals surface area contributed by atoms with Crippen molar-refractivity contribution in [1.29, 1.82) is 0 Å². The Morgan fingerprint density at radius 2 is 1.86 bits per heavy atom. The molecule has 3 rings (SSSR count). The smallest absolute Gasteiger partial charge is 0.257 e. The molecule has 4 nitrogen and oxygen atoms in total. The van der Waals surface area contributed by atoms with E-state index in [1.165, 1.54) is 0 Å². The summed E-state index contributed by atoms with van der Waals surface area (Å²) in [4.78, 5) is 20.7. The van der Waals surface area contributed by atoms with Crippen molar-refractivity contribution in [3.05, 3.63) is 64.2 Å². The molecule has 0 aliphatic heterocycles. The number of anilines is 1. The topological polar surface area (TPSA) is 54.9 Å². The lowest BCUT2D eigenvalue weighted by Crippen LogP contribution is -2.12. The number of nitrogens with zero attached hydrogens (tertiary/aromatic N) is 2. The molecule has 0 aliphatic carbocycles. The number of carbonyl (C=O) groups is 1. The van der Waals surface area contributed by atoms with Crippen LogP contribution in [0.15, 0.2) is 48.0 Å². The van der Waals surface area contributed by atoms with Gasteiger partial charge in [-0.25, -0.2) is 4.98 Å². The lowest BCUT2D eigenvalue weighted by Gasteiger charge is -2.06. The van der Waals surface area contributed by atoms with Crippen LogP contribution < -0.4 is 5.32 Å². The highest BCUT2D eigenvalue weighted by Crippen LogP contribution is 2.23. The summed E-state index contributed by atoms with van der Waals surface area (Å²) in [5.74, 6) is -0.162. The van der Waals surface area contributed by atoms with Crippen LogP contribution in [0.5, 0.6) is 0 Å². The first-order valence-corrected chi connectivity index (χ1v) is 7.76. The lowest BCUT2D eigenvalue weighted by molar-refractivity contribution is 0.102. The van der Waals surface area contributed by atoms with Crippen LogP contribution in [0.4, 0.5) is 5.69 Å². The average molecular weight is 309 g/mol. The Labute approximate surface area is 132 Å². The van der Waals surface area contributed by atoms with Crippen molar-refractivity contribution in [1.82, 2.24) is 9.97 Å². The van der Waals surface area contributed by atoms with Gasteiger partial charge in [-0.2, -0.15) is 0 Å². The van der Waals surface area contributed by atoms with E-state index in [2.05, 4.69) is 15.3 Å². The first-order chi connectivity index (χ1) is 10.6. The predicted molar refractivity (Wildman–Crippen MR) is 89.2 cm³/mol. The molecule has 110 valence electrons. The zero-order valence-electron chi connectivity index (χ0n) is 12.3. The normalized spacial score (nSPS) is 10.5. The Morgan fingerprint density at radius 3 is 2.45 bits per heavy atom. The molecule has 1 amide bonds. The van der Waals surface area contributed by atoms with E-state index in [1.54, 1.807) is 23.6 Å². The number of thiazole rings is 1. The number of carbonyl (C=O) groups excluding carboxylic acids is 1. The SMILES string of the molecule is Cc1ccc(C(=O)Nc2ccc(-c3csc(C)n3)cc2)cn1. The summed E-state index contributed by atoms with van der Waals surface area (Å²) in [6.45, 7) is 3.87. The minimum absolute atomic E-state index is 0.162. The molecule has 2 aromatic heterocycles. The molecular weight excluding hydrogens is 294 g/mol. The number of hydrogen-bond acceptors (Lipinski definition) is 4. The number of aryl methyl sites for hydroxylation is 2. The van der Waals surface area contributed by atoms with E-state index < -0.39 is 0 Å². The van der Waals surface area contributed by atoms with Crippen molar-refractivity contribution in [2.24, 2.45) is 0 Å². The maximum Gasteiger partial charge on any atom is 0.257 e. The van der Waals surface area contributed by atoms with Crippen LogP contribution in [-0.4, -0.2) is 15.9 Å². The molecule has 1 aromatic carbocycles. The highest BCUT2D eigenvalue weighted by Gasteiger charge is 2.07. The van der Waals surface area contributed by atoms with Crippen LogP contribution in [-0.2, 0) is 0 Å². The Balaban J connectivity index is 1.73. The van der Waals surface area contributed by atoms with Gasteiger partial charge >= 0.3 is 0 Å². The number of rotatable bonds is 3. The summed E-state index contributed by atoms with van der Waals surface area (Å²) >= 11 is 1.62. The van der Waals surface area contributed by atoms with E-state index in [0.717, 1.165) is 27.6 Å².